The summed E-state index contributed by atoms with van der Waals surface area (Å²) in [6, 6.07) is 14.8. The zero-order chi connectivity index (χ0) is 25.5. The molecule has 1 aromatic carbocycles. The minimum atomic E-state index is 0.224. The summed E-state index contributed by atoms with van der Waals surface area (Å²) in [5.41, 5.74) is 7.66. The van der Waals surface area contributed by atoms with Crippen molar-refractivity contribution < 1.29 is 4.74 Å². The van der Waals surface area contributed by atoms with Gasteiger partial charge in [0, 0.05) is 54.5 Å². The Labute approximate surface area is 221 Å². The first-order valence-corrected chi connectivity index (χ1v) is 13.4. The third-order valence-electron chi connectivity index (χ3n) is 7.75. The number of nitrogens with one attached hydrogen (secondary N) is 3. The molecular weight excluding hydrogens is 476 g/mol. The molecule has 9 heteroatoms. The Bertz CT molecular complexity index is 1580. The highest BCUT2D eigenvalue weighted by atomic mass is 16.5. The molecule has 0 aliphatic carbocycles. The summed E-state index contributed by atoms with van der Waals surface area (Å²) < 4.78 is 6.22. The smallest absolute Gasteiger partial charge is 0.138 e. The van der Waals surface area contributed by atoms with E-state index in [0.29, 0.717) is 0 Å². The highest BCUT2D eigenvalue weighted by Gasteiger charge is 2.20. The number of piperidine rings is 1. The molecule has 0 bridgehead atoms. The highest BCUT2D eigenvalue weighted by molar-refractivity contribution is 5.99. The van der Waals surface area contributed by atoms with Crippen LogP contribution in [0.4, 0.5) is 5.69 Å². The molecule has 2 saturated heterocycles. The lowest BCUT2D eigenvalue weighted by Gasteiger charge is -2.34. The molecule has 194 valence electrons. The third kappa shape index (κ3) is 4.37. The number of hydrogen-bond acceptors (Lipinski definition) is 7. The molecule has 0 atom stereocenters. The van der Waals surface area contributed by atoms with Crippen molar-refractivity contribution in [1.29, 1.82) is 0 Å². The van der Waals surface area contributed by atoms with Crippen LogP contribution in [0.1, 0.15) is 12.8 Å². The number of nitrogens with zero attached hydrogens (tertiary/aromatic N) is 5. The zero-order valence-corrected chi connectivity index (χ0v) is 21.6. The number of anilines is 1. The van der Waals surface area contributed by atoms with Gasteiger partial charge in [0.2, 0.25) is 0 Å². The SMILES string of the molecule is CN1CCN(c2cccc3[nH]c(-c4n[nH]c5ccc(-c6cncc(OC7CCNCC7)c6)nc45)cc23)CC1. The second kappa shape index (κ2) is 9.74. The normalized spacial score (nSPS) is 17.4. The first kappa shape index (κ1) is 23.2. The van der Waals surface area contributed by atoms with Crippen molar-refractivity contribution in [2.24, 2.45) is 0 Å². The van der Waals surface area contributed by atoms with Crippen molar-refractivity contribution in [3.05, 3.63) is 54.9 Å². The van der Waals surface area contributed by atoms with E-state index < -0.39 is 0 Å². The summed E-state index contributed by atoms with van der Waals surface area (Å²) in [6.07, 6.45) is 5.87. The molecule has 9 nitrogen and oxygen atoms in total. The van der Waals surface area contributed by atoms with Gasteiger partial charge in [-0.15, -0.1) is 0 Å². The molecule has 5 aromatic rings. The van der Waals surface area contributed by atoms with Crippen LogP contribution < -0.4 is 15.0 Å². The lowest BCUT2D eigenvalue weighted by atomic mass is 10.1. The Morgan fingerprint density at radius 1 is 0.947 bits per heavy atom. The number of H-pyrrole nitrogens is 2. The highest BCUT2D eigenvalue weighted by Crippen LogP contribution is 2.34. The Hall–Kier alpha value is -3.95. The second-order valence-electron chi connectivity index (χ2n) is 10.4. The van der Waals surface area contributed by atoms with Crippen molar-refractivity contribution in [3.63, 3.8) is 0 Å². The van der Waals surface area contributed by atoms with Crippen molar-refractivity contribution in [3.8, 4) is 28.4 Å². The predicted octanol–water partition coefficient (Wildman–Crippen LogP) is 4.05. The van der Waals surface area contributed by atoms with Gasteiger partial charge in [-0.3, -0.25) is 10.1 Å². The van der Waals surface area contributed by atoms with Crippen LogP contribution in [-0.4, -0.2) is 82.5 Å². The maximum Gasteiger partial charge on any atom is 0.138 e. The molecule has 2 aliphatic rings. The van der Waals surface area contributed by atoms with Crippen molar-refractivity contribution in [2.75, 3.05) is 51.2 Å². The Kier molecular flexibility index (Phi) is 5.94. The van der Waals surface area contributed by atoms with E-state index in [-0.39, 0.29) is 6.10 Å². The van der Waals surface area contributed by atoms with Crippen LogP contribution in [0.2, 0.25) is 0 Å². The quantitative estimate of drug-likeness (QED) is 0.329. The molecule has 4 aromatic heterocycles. The van der Waals surface area contributed by atoms with E-state index in [4.69, 9.17) is 9.72 Å². The molecule has 7 rings (SSSR count). The zero-order valence-electron chi connectivity index (χ0n) is 21.6. The van der Waals surface area contributed by atoms with E-state index in [1.807, 2.05) is 24.4 Å². The van der Waals surface area contributed by atoms with Crippen LogP contribution in [0.25, 0.3) is 44.6 Å². The van der Waals surface area contributed by atoms with E-state index in [1.54, 1.807) is 6.20 Å². The number of hydrogen-bond donors (Lipinski definition) is 3. The van der Waals surface area contributed by atoms with Gasteiger partial charge in [0.15, 0.2) is 0 Å². The fourth-order valence-electron chi connectivity index (χ4n) is 5.57. The molecule has 38 heavy (non-hydrogen) atoms. The minimum Gasteiger partial charge on any atom is -0.489 e. The summed E-state index contributed by atoms with van der Waals surface area (Å²) >= 11 is 0. The van der Waals surface area contributed by atoms with E-state index >= 15 is 0 Å². The number of aromatic amines is 2. The summed E-state index contributed by atoms with van der Waals surface area (Å²) in [5.74, 6) is 0.788. The van der Waals surface area contributed by atoms with Crippen LogP contribution in [0.3, 0.4) is 0 Å². The fraction of sp³-hybridized carbons (Fsp3) is 0.345. The summed E-state index contributed by atoms with van der Waals surface area (Å²) in [6.45, 7) is 6.18. The van der Waals surface area contributed by atoms with Crippen LogP contribution in [0.5, 0.6) is 5.75 Å². The first-order chi connectivity index (χ1) is 18.7. The van der Waals surface area contributed by atoms with Gasteiger partial charge in [-0.2, -0.15) is 5.10 Å². The number of aromatic nitrogens is 5. The molecule has 2 aliphatic heterocycles. The van der Waals surface area contributed by atoms with Crippen LogP contribution in [0.15, 0.2) is 54.9 Å². The summed E-state index contributed by atoms with van der Waals surface area (Å²) in [5, 5.41) is 12.4. The van der Waals surface area contributed by atoms with E-state index in [0.717, 1.165) is 97.1 Å². The number of benzene rings is 1. The molecule has 3 N–H and O–H groups in total. The number of likely N-dealkylation sites (N-methyl/N-ethyl adjacent to an activating group) is 1. The number of piperazine rings is 1. The predicted molar refractivity (Wildman–Crippen MR) is 151 cm³/mol. The fourth-order valence-corrected chi connectivity index (χ4v) is 5.57. The molecule has 0 unspecified atom stereocenters. The van der Waals surface area contributed by atoms with Gasteiger partial charge >= 0.3 is 0 Å². The van der Waals surface area contributed by atoms with Crippen LogP contribution in [0, 0.1) is 0 Å². The molecule has 0 spiro atoms. The maximum absolute atomic E-state index is 6.22. The molecule has 0 saturated carbocycles. The first-order valence-electron chi connectivity index (χ1n) is 13.4. The molecule has 2 fully saturated rings. The molecule has 6 heterocycles. The number of fused-ring (bicyclic) bond motifs is 2. The number of rotatable bonds is 5. The van der Waals surface area contributed by atoms with E-state index in [9.17, 15) is 0 Å². The van der Waals surface area contributed by atoms with Crippen molar-refractivity contribution >= 4 is 27.6 Å². The lowest BCUT2D eigenvalue weighted by Crippen LogP contribution is -2.44. The summed E-state index contributed by atoms with van der Waals surface area (Å²) in [4.78, 5) is 17.9. The lowest BCUT2D eigenvalue weighted by molar-refractivity contribution is 0.162. The molecule has 0 amide bonds. The van der Waals surface area contributed by atoms with Gasteiger partial charge in [-0.05, 0) is 69.4 Å². The Morgan fingerprint density at radius 3 is 2.68 bits per heavy atom. The van der Waals surface area contributed by atoms with Gasteiger partial charge < -0.3 is 24.8 Å². The minimum absolute atomic E-state index is 0.224. The van der Waals surface area contributed by atoms with E-state index in [1.165, 1.54) is 11.1 Å². The maximum atomic E-state index is 6.22. The standard InChI is InChI=1S/C29H32N8O/c1-36-11-13-37(14-12-36)27-4-2-3-24-22(27)16-26(32-24)29-28-25(34-35-29)6-5-23(33-28)19-15-21(18-31-17-19)38-20-7-9-30-10-8-20/h2-6,15-18,20,30,32H,7-14H2,1H3,(H,34,35). The second-order valence-corrected chi connectivity index (χ2v) is 10.4. The molecule has 0 radical (unpaired) electrons. The largest absolute Gasteiger partial charge is 0.489 e. The van der Waals surface area contributed by atoms with Crippen molar-refractivity contribution in [2.45, 2.75) is 18.9 Å². The van der Waals surface area contributed by atoms with Crippen LogP contribution >= 0.6 is 0 Å². The Morgan fingerprint density at radius 2 is 1.82 bits per heavy atom. The van der Waals surface area contributed by atoms with Gasteiger partial charge in [0.25, 0.3) is 0 Å². The van der Waals surface area contributed by atoms with Crippen LogP contribution in [-0.2, 0) is 0 Å². The number of ether oxygens (including phenoxy) is 1. The van der Waals surface area contributed by atoms with Gasteiger partial charge in [0.05, 0.1) is 23.1 Å². The molecular formula is C29H32N8O. The Balaban J connectivity index is 1.22. The third-order valence-corrected chi connectivity index (χ3v) is 7.75. The number of pyridine rings is 2. The summed E-state index contributed by atoms with van der Waals surface area (Å²) in [7, 11) is 2.18. The van der Waals surface area contributed by atoms with Crippen molar-refractivity contribution in [1.82, 2.24) is 35.4 Å². The average molecular weight is 509 g/mol. The average Bonchev–Trinajstić information content (AvgIpc) is 3.58. The topological polar surface area (TPSA) is 98.0 Å². The van der Waals surface area contributed by atoms with Gasteiger partial charge in [-0.1, -0.05) is 6.07 Å². The van der Waals surface area contributed by atoms with Gasteiger partial charge in [0.1, 0.15) is 23.1 Å². The van der Waals surface area contributed by atoms with Gasteiger partial charge in [-0.25, -0.2) is 4.98 Å². The van der Waals surface area contributed by atoms with E-state index in [2.05, 4.69) is 66.6 Å². The monoisotopic (exact) mass is 508 g/mol.